The van der Waals surface area contributed by atoms with Gasteiger partial charge in [-0.05, 0) is 6.07 Å². The molecule has 0 saturated heterocycles. The molecule has 3 nitrogen and oxygen atoms in total. The Morgan fingerprint density at radius 1 is 1.44 bits per heavy atom. The van der Waals surface area contributed by atoms with E-state index in [1.165, 1.54) is 11.3 Å². The molecule has 0 unspecified atom stereocenters. The van der Waals surface area contributed by atoms with Gasteiger partial charge in [0.25, 0.3) is 0 Å². The molecule has 2 aromatic rings. The fourth-order valence-corrected chi connectivity index (χ4v) is 2.02. The molecular formula is C12H11NO2S. The molecule has 0 bridgehead atoms. The van der Waals surface area contributed by atoms with Gasteiger partial charge in [0.2, 0.25) is 0 Å². The van der Waals surface area contributed by atoms with E-state index in [0.29, 0.717) is 11.3 Å². The van der Waals surface area contributed by atoms with Crippen molar-refractivity contribution >= 4 is 17.1 Å². The van der Waals surface area contributed by atoms with Crippen LogP contribution in [0.5, 0.6) is 5.75 Å². The largest absolute Gasteiger partial charge is 0.496 e. The predicted molar refractivity (Wildman–Crippen MR) is 63.1 cm³/mol. The third-order valence-corrected chi connectivity index (χ3v) is 3.06. The third kappa shape index (κ3) is 2.28. The summed E-state index contributed by atoms with van der Waals surface area (Å²) in [7, 11) is 1.61. The lowest BCUT2D eigenvalue weighted by atomic mass is 10.1. The van der Waals surface area contributed by atoms with Gasteiger partial charge in [-0.25, -0.2) is 0 Å². The molecule has 0 aliphatic carbocycles. The van der Waals surface area contributed by atoms with Gasteiger partial charge in [-0.1, -0.05) is 18.2 Å². The zero-order valence-electron chi connectivity index (χ0n) is 8.84. The minimum atomic E-state index is 0.0759. The molecule has 1 aromatic heterocycles. The van der Waals surface area contributed by atoms with E-state index in [-0.39, 0.29) is 5.78 Å². The number of carbonyl (C=O) groups is 1. The molecule has 2 rings (SSSR count). The number of rotatable bonds is 4. The first kappa shape index (κ1) is 10.8. The summed E-state index contributed by atoms with van der Waals surface area (Å²) >= 11 is 1.36. The van der Waals surface area contributed by atoms with Gasteiger partial charge in [0.15, 0.2) is 5.78 Å². The summed E-state index contributed by atoms with van der Waals surface area (Å²) in [6.45, 7) is 0. The molecule has 0 spiro atoms. The minimum absolute atomic E-state index is 0.0759. The lowest BCUT2D eigenvalue weighted by molar-refractivity contribution is 0.0996. The summed E-state index contributed by atoms with van der Waals surface area (Å²) in [6.07, 6.45) is 1.95. The Bertz CT molecular complexity index is 480. The zero-order valence-corrected chi connectivity index (χ0v) is 9.66. The van der Waals surface area contributed by atoms with Crippen molar-refractivity contribution in [2.24, 2.45) is 0 Å². The Balaban J connectivity index is 2.18. The maximum atomic E-state index is 11.9. The van der Waals surface area contributed by atoms with Crippen LogP contribution >= 0.6 is 11.3 Å². The van der Waals surface area contributed by atoms with Crippen molar-refractivity contribution in [2.45, 2.75) is 6.42 Å². The molecule has 0 N–H and O–H groups in total. The van der Waals surface area contributed by atoms with E-state index in [1.807, 2.05) is 24.3 Å². The van der Waals surface area contributed by atoms with E-state index in [2.05, 4.69) is 4.98 Å². The second-order valence-electron chi connectivity index (χ2n) is 3.28. The van der Waals surface area contributed by atoms with Crippen molar-refractivity contribution in [3.63, 3.8) is 0 Å². The number of hydrogen-bond acceptors (Lipinski definition) is 4. The average molecular weight is 233 g/mol. The van der Waals surface area contributed by atoms with Crippen LogP contribution in [0.25, 0.3) is 0 Å². The quantitative estimate of drug-likeness (QED) is 0.762. The number of benzene rings is 1. The Kier molecular flexibility index (Phi) is 3.31. The van der Waals surface area contributed by atoms with Gasteiger partial charge in [-0.2, -0.15) is 0 Å². The van der Waals surface area contributed by atoms with Crippen LogP contribution in [0.3, 0.4) is 0 Å². The van der Waals surface area contributed by atoms with E-state index in [9.17, 15) is 4.79 Å². The zero-order chi connectivity index (χ0) is 11.4. The Morgan fingerprint density at radius 3 is 2.94 bits per heavy atom. The number of Topliss-reactive ketones (excluding diaryl/α,β-unsaturated/α-hetero) is 1. The summed E-state index contributed by atoms with van der Waals surface area (Å²) in [5.41, 5.74) is 2.57. The third-order valence-electron chi connectivity index (χ3n) is 2.25. The van der Waals surface area contributed by atoms with E-state index >= 15 is 0 Å². The highest BCUT2D eigenvalue weighted by Gasteiger charge is 2.11. The molecule has 0 radical (unpaired) electrons. The number of ether oxygens (including phenoxy) is 1. The second-order valence-corrected chi connectivity index (χ2v) is 4.16. The van der Waals surface area contributed by atoms with E-state index in [4.69, 9.17) is 4.74 Å². The molecule has 0 fully saturated rings. The normalized spacial score (nSPS) is 10.1. The molecule has 1 aromatic carbocycles. The van der Waals surface area contributed by atoms with Crippen LogP contribution in [0.4, 0.5) is 0 Å². The molecule has 0 atom stereocenters. The van der Waals surface area contributed by atoms with Crippen molar-refractivity contribution in [2.75, 3.05) is 7.11 Å². The molecule has 0 aliphatic heterocycles. The van der Waals surface area contributed by atoms with E-state index < -0.39 is 0 Å². The summed E-state index contributed by atoms with van der Waals surface area (Å²) in [5.74, 6) is 0.826. The first-order chi connectivity index (χ1) is 7.81. The van der Waals surface area contributed by atoms with Crippen LogP contribution in [0.15, 0.2) is 36.0 Å². The van der Waals surface area contributed by atoms with Crippen molar-refractivity contribution in [3.05, 3.63) is 46.4 Å². The van der Waals surface area contributed by atoms with E-state index in [0.717, 1.165) is 11.3 Å². The van der Waals surface area contributed by atoms with E-state index in [1.54, 1.807) is 18.8 Å². The van der Waals surface area contributed by atoms with Gasteiger partial charge < -0.3 is 4.74 Å². The number of hydrogen-bond donors (Lipinski definition) is 0. The fraction of sp³-hybridized carbons (Fsp3) is 0.167. The number of carbonyl (C=O) groups excluding carboxylic acids is 1. The van der Waals surface area contributed by atoms with Crippen LogP contribution in [0.1, 0.15) is 15.2 Å². The molecule has 82 valence electrons. The van der Waals surface area contributed by atoms with Crippen molar-refractivity contribution in [1.82, 2.24) is 4.98 Å². The summed E-state index contributed by atoms with van der Waals surface area (Å²) in [4.78, 5) is 16.4. The topological polar surface area (TPSA) is 39.2 Å². The Labute approximate surface area is 97.7 Å². The number of thiazole rings is 1. The summed E-state index contributed by atoms with van der Waals surface area (Å²) in [5, 5.41) is 0. The molecule has 16 heavy (non-hydrogen) atoms. The van der Waals surface area contributed by atoms with Crippen molar-refractivity contribution < 1.29 is 9.53 Å². The Morgan fingerprint density at radius 2 is 2.25 bits per heavy atom. The summed E-state index contributed by atoms with van der Waals surface area (Å²) < 4.78 is 5.20. The van der Waals surface area contributed by atoms with Crippen LogP contribution in [-0.4, -0.2) is 17.9 Å². The van der Waals surface area contributed by atoms with Crippen molar-refractivity contribution in [3.8, 4) is 5.75 Å². The average Bonchev–Trinajstić information content (AvgIpc) is 2.83. The highest BCUT2D eigenvalue weighted by atomic mass is 32.1. The van der Waals surface area contributed by atoms with Gasteiger partial charge in [0.1, 0.15) is 5.75 Å². The lowest BCUT2D eigenvalue weighted by Crippen LogP contribution is -2.02. The van der Waals surface area contributed by atoms with Gasteiger partial charge >= 0.3 is 0 Å². The van der Waals surface area contributed by atoms with Crippen LogP contribution in [0.2, 0.25) is 0 Å². The number of methoxy groups -OCH3 is 1. The monoisotopic (exact) mass is 233 g/mol. The molecule has 0 saturated carbocycles. The number of aromatic nitrogens is 1. The maximum Gasteiger partial charge on any atom is 0.178 e. The summed E-state index contributed by atoms with van der Waals surface area (Å²) in [6, 6.07) is 7.55. The minimum Gasteiger partial charge on any atom is -0.496 e. The van der Waals surface area contributed by atoms with Crippen LogP contribution in [-0.2, 0) is 6.42 Å². The van der Waals surface area contributed by atoms with Gasteiger partial charge in [-0.3, -0.25) is 9.78 Å². The first-order valence-electron chi connectivity index (χ1n) is 4.85. The number of nitrogens with zero attached hydrogens (tertiary/aromatic N) is 1. The fourth-order valence-electron chi connectivity index (χ4n) is 1.46. The number of para-hydroxylation sites is 1. The number of ketones is 1. The van der Waals surface area contributed by atoms with Crippen LogP contribution < -0.4 is 4.74 Å². The lowest BCUT2D eigenvalue weighted by Gasteiger charge is -2.06. The highest BCUT2D eigenvalue weighted by molar-refractivity contribution is 7.11. The SMILES string of the molecule is COc1ccccc1CC(=O)c1cncs1. The Hall–Kier alpha value is -1.68. The van der Waals surface area contributed by atoms with Gasteiger partial charge in [0, 0.05) is 18.2 Å². The molecule has 0 aliphatic rings. The standard InChI is InChI=1S/C12H11NO2S/c1-15-11-5-3-2-4-9(11)6-10(14)12-7-13-8-16-12/h2-5,7-8H,6H2,1H3. The molecular weight excluding hydrogens is 222 g/mol. The van der Waals surface area contributed by atoms with Crippen LogP contribution in [0, 0.1) is 0 Å². The van der Waals surface area contributed by atoms with Crippen molar-refractivity contribution in [1.29, 1.82) is 0 Å². The second kappa shape index (κ2) is 4.90. The molecule has 0 amide bonds. The van der Waals surface area contributed by atoms with Gasteiger partial charge in [0.05, 0.1) is 17.5 Å². The smallest absolute Gasteiger partial charge is 0.178 e. The maximum absolute atomic E-state index is 11.9. The first-order valence-corrected chi connectivity index (χ1v) is 5.73. The molecule has 1 heterocycles. The molecule has 4 heteroatoms. The van der Waals surface area contributed by atoms with Gasteiger partial charge in [-0.15, -0.1) is 11.3 Å². The predicted octanol–water partition coefficient (Wildman–Crippen LogP) is 2.58. The highest BCUT2D eigenvalue weighted by Crippen LogP contribution is 2.20.